The highest BCUT2D eigenvalue weighted by Crippen LogP contribution is 2.30. The van der Waals surface area contributed by atoms with Gasteiger partial charge in [-0.1, -0.05) is 36.4 Å². The average molecular weight is 454 g/mol. The lowest BCUT2D eigenvalue weighted by atomic mass is 10.1. The maximum Gasteiger partial charge on any atom is 0.416 e. The molecule has 0 radical (unpaired) electrons. The summed E-state index contributed by atoms with van der Waals surface area (Å²) in [6.07, 6.45) is -3.02. The second-order valence-electron chi connectivity index (χ2n) is 7.58. The monoisotopic (exact) mass is 454 g/mol. The molecule has 4 aromatic rings. The molecule has 0 unspecified atom stereocenters. The standard InChI is InChI=1S/C25H18F4N2O2/c1-15-20(26)9-5-10-21(15)30-24(33)23(32)19-14-31(22-11-3-2-8-18(19)22)13-16-6-4-7-17(12-16)25(27,28)29/h2-12,14H,13H2,1H3,(H,30,33). The largest absolute Gasteiger partial charge is 0.416 e. The predicted octanol–water partition coefficient (Wildman–Crippen LogP) is 5.98. The fourth-order valence-electron chi connectivity index (χ4n) is 3.65. The smallest absolute Gasteiger partial charge is 0.342 e. The van der Waals surface area contributed by atoms with Crippen molar-refractivity contribution in [1.82, 2.24) is 4.57 Å². The first-order valence-corrected chi connectivity index (χ1v) is 10.00. The van der Waals surface area contributed by atoms with Gasteiger partial charge in [0.1, 0.15) is 5.82 Å². The summed E-state index contributed by atoms with van der Waals surface area (Å²) in [6, 6.07) is 15.9. The number of rotatable bonds is 5. The first kappa shape index (κ1) is 22.3. The van der Waals surface area contributed by atoms with Crippen molar-refractivity contribution in [2.24, 2.45) is 0 Å². The topological polar surface area (TPSA) is 51.1 Å². The van der Waals surface area contributed by atoms with Crippen LogP contribution in [0, 0.1) is 12.7 Å². The van der Waals surface area contributed by atoms with Crippen LogP contribution in [0.3, 0.4) is 0 Å². The van der Waals surface area contributed by atoms with Gasteiger partial charge in [-0.15, -0.1) is 0 Å². The second-order valence-corrected chi connectivity index (χ2v) is 7.58. The van der Waals surface area contributed by atoms with E-state index in [4.69, 9.17) is 0 Å². The van der Waals surface area contributed by atoms with E-state index in [1.54, 1.807) is 34.9 Å². The number of para-hydroxylation sites is 1. The van der Waals surface area contributed by atoms with E-state index < -0.39 is 29.2 Å². The van der Waals surface area contributed by atoms with Gasteiger partial charge in [0, 0.05) is 34.9 Å². The number of hydrogen-bond acceptors (Lipinski definition) is 2. The van der Waals surface area contributed by atoms with Crippen molar-refractivity contribution in [3.63, 3.8) is 0 Å². The third kappa shape index (κ3) is 4.50. The Labute approximate surface area is 186 Å². The molecular weight excluding hydrogens is 436 g/mol. The molecule has 1 aromatic heterocycles. The van der Waals surface area contributed by atoms with Gasteiger partial charge in [-0.25, -0.2) is 4.39 Å². The summed E-state index contributed by atoms with van der Waals surface area (Å²) in [4.78, 5) is 25.6. The molecule has 1 N–H and O–H groups in total. The minimum Gasteiger partial charge on any atom is -0.342 e. The molecule has 0 saturated heterocycles. The number of carbonyl (C=O) groups excluding carboxylic acids is 2. The zero-order valence-electron chi connectivity index (χ0n) is 17.4. The van der Waals surface area contributed by atoms with Crippen LogP contribution < -0.4 is 5.32 Å². The normalized spacial score (nSPS) is 11.5. The highest BCUT2D eigenvalue weighted by Gasteiger charge is 2.30. The Hall–Kier alpha value is -3.94. The molecule has 4 nitrogen and oxygen atoms in total. The number of nitrogens with zero attached hydrogens (tertiary/aromatic N) is 1. The zero-order chi connectivity index (χ0) is 23.8. The van der Waals surface area contributed by atoms with Gasteiger partial charge in [0.05, 0.1) is 11.1 Å². The molecule has 1 amide bonds. The zero-order valence-corrected chi connectivity index (χ0v) is 17.4. The molecule has 0 spiro atoms. The number of nitrogens with one attached hydrogen (secondary N) is 1. The quantitative estimate of drug-likeness (QED) is 0.229. The predicted molar refractivity (Wildman–Crippen MR) is 117 cm³/mol. The number of carbonyl (C=O) groups is 2. The van der Waals surface area contributed by atoms with Crippen LogP contribution in [0.5, 0.6) is 0 Å². The summed E-state index contributed by atoms with van der Waals surface area (Å²) in [7, 11) is 0. The van der Waals surface area contributed by atoms with Crippen LogP contribution in [0.1, 0.15) is 27.0 Å². The Morgan fingerprint density at radius 1 is 0.970 bits per heavy atom. The number of halogens is 4. The highest BCUT2D eigenvalue weighted by molar-refractivity contribution is 6.48. The SMILES string of the molecule is Cc1c(F)cccc1NC(=O)C(=O)c1cn(Cc2cccc(C(F)(F)F)c2)c2ccccc12. The van der Waals surface area contributed by atoms with Crippen molar-refractivity contribution in [3.05, 3.63) is 101 Å². The number of anilines is 1. The Morgan fingerprint density at radius 2 is 1.70 bits per heavy atom. The number of fused-ring (bicyclic) bond motifs is 1. The molecule has 0 bridgehead atoms. The van der Waals surface area contributed by atoms with Crippen LogP contribution in [0.15, 0.2) is 72.9 Å². The van der Waals surface area contributed by atoms with Gasteiger partial charge in [-0.2, -0.15) is 13.2 Å². The third-order valence-corrected chi connectivity index (χ3v) is 5.36. The maximum atomic E-state index is 13.8. The third-order valence-electron chi connectivity index (χ3n) is 5.36. The molecule has 4 rings (SSSR count). The van der Waals surface area contributed by atoms with Gasteiger partial charge in [0.25, 0.3) is 11.7 Å². The number of amides is 1. The fraction of sp³-hybridized carbons (Fsp3) is 0.120. The van der Waals surface area contributed by atoms with Crippen LogP contribution >= 0.6 is 0 Å². The molecule has 0 saturated carbocycles. The molecular formula is C25H18F4N2O2. The Morgan fingerprint density at radius 3 is 2.45 bits per heavy atom. The molecule has 0 aliphatic rings. The molecule has 33 heavy (non-hydrogen) atoms. The summed E-state index contributed by atoms with van der Waals surface area (Å²) in [5.74, 6) is -2.29. The lowest BCUT2D eigenvalue weighted by molar-refractivity contribution is -0.137. The van der Waals surface area contributed by atoms with Crippen LogP contribution in [-0.2, 0) is 17.5 Å². The van der Waals surface area contributed by atoms with E-state index in [9.17, 15) is 27.2 Å². The molecule has 3 aromatic carbocycles. The van der Waals surface area contributed by atoms with E-state index in [0.717, 1.165) is 12.1 Å². The van der Waals surface area contributed by atoms with E-state index in [-0.39, 0.29) is 23.4 Å². The highest BCUT2D eigenvalue weighted by atomic mass is 19.4. The van der Waals surface area contributed by atoms with Crippen LogP contribution in [0.25, 0.3) is 10.9 Å². The summed E-state index contributed by atoms with van der Waals surface area (Å²) in [5.41, 5.74) is 0.700. The van der Waals surface area contributed by atoms with Crippen molar-refractivity contribution in [1.29, 1.82) is 0 Å². The van der Waals surface area contributed by atoms with Crippen molar-refractivity contribution < 1.29 is 27.2 Å². The molecule has 168 valence electrons. The molecule has 0 aliphatic carbocycles. The van der Waals surface area contributed by atoms with Gasteiger partial charge in [0.2, 0.25) is 0 Å². The minimum absolute atomic E-state index is 0.0718. The number of alkyl halides is 3. The lowest BCUT2D eigenvalue weighted by Gasteiger charge is -2.10. The first-order chi connectivity index (χ1) is 15.6. The summed E-state index contributed by atoms with van der Waals surface area (Å²) in [5, 5.41) is 2.92. The number of hydrogen-bond donors (Lipinski definition) is 1. The van der Waals surface area contributed by atoms with E-state index in [2.05, 4.69) is 5.32 Å². The van der Waals surface area contributed by atoms with Crippen LogP contribution in [-0.4, -0.2) is 16.3 Å². The molecule has 0 fully saturated rings. The fourth-order valence-corrected chi connectivity index (χ4v) is 3.65. The number of ketones is 1. The van der Waals surface area contributed by atoms with Crippen molar-refractivity contribution in [2.45, 2.75) is 19.6 Å². The van der Waals surface area contributed by atoms with Crippen molar-refractivity contribution >= 4 is 28.3 Å². The summed E-state index contributed by atoms with van der Waals surface area (Å²) >= 11 is 0. The minimum atomic E-state index is -4.47. The summed E-state index contributed by atoms with van der Waals surface area (Å²) < 4.78 is 54.6. The molecule has 8 heteroatoms. The van der Waals surface area contributed by atoms with Gasteiger partial charge in [0.15, 0.2) is 0 Å². The number of Topliss-reactive ketones (excluding diaryl/α,β-unsaturated/α-hetero) is 1. The van der Waals surface area contributed by atoms with E-state index >= 15 is 0 Å². The van der Waals surface area contributed by atoms with Crippen molar-refractivity contribution in [3.8, 4) is 0 Å². The Kier molecular flexibility index (Phi) is 5.76. The molecule has 0 aliphatic heterocycles. The van der Waals surface area contributed by atoms with Gasteiger partial charge >= 0.3 is 6.18 Å². The average Bonchev–Trinajstić information content (AvgIpc) is 3.14. The van der Waals surface area contributed by atoms with E-state index in [1.807, 2.05) is 0 Å². The van der Waals surface area contributed by atoms with Crippen molar-refractivity contribution in [2.75, 3.05) is 5.32 Å². The number of benzene rings is 3. The Balaban J connectivity index is 1.67. The van der Waals surface area contributed by atoms with E-state index in [0.29, 0.717) is 16.5 Å². The first-order valence-electron chi connectivity index (χ1n) is 10.00. The second kappa shape index (κ2) is 8.54. The number of aromatic nitrogens is 1. The van der Waals surface area contributed by atoms with Gasteiger partial charge in [-0.3, -0.25) is 9.59 Å². The summed E-state index contributed by atoms with van der Waals surface area (Å²) in [6.45, 7) is 1.55. The van der Waals surface area contributed by atoms with Crippen LogP contribution in [0.4, 0.5) is 23.2 Å². The van der Waals surface area contributed by atoms with Gasteiger partial charge in [-0.05, 0) is 42.8 Å². The molecule has 1 heterocycles. The Bertz CT molecular complexity index is 1370. The van der Waals surface area contributed by atoms with Crippen LogP contribution in [0.2, 0.25) is 0 Å². The van der Waals surface area contributed by atoms with E-state index in [1.165, 1.54) is 37.4 Å². The maximum absolute atomic E-state index is 13.8. The molecule has 0 atom stereocenters. The lowest BCUT2D eigenvalue weighted by Crippen LogP contribution is -2.23. The van der Waals surface area contributed by atoms with Gasteiger partial charge < -0.3 is 9.88 Å².